The van der Waals surface area contributed by atoms with Crippen LogP contribution in [0.15, 0.2) is 53.7 Å². The first kappa shape index (κ1) is 18.4. The van der Waals surface area contributed by atoms with Gasteiger partial charge in [-0.2, -0.15) is 0 Å². The van der Waals surface area contributed by atoms with Gasteiger partial charge in [-0.3, -0.25) is 0 Å². The average Bonchev–Trinajstić information content (AvgIpc) is 2.53. The van der Waals surface area contributed by atoms with Crippen molar-refractivity contribution in [1.82, 2.24) is 4.98 Å². The molecule has 1 aromatic carbocycles. The van der Waals surface area contributed by atoms with Gasteiger partial charge in [0, 0.05) is 6.20 Å². The Hall–Kier alpha value is -1.92. The van der Waals surface area contributed by atoms with E-state index in [1.165, 1.54) is 17.8 Å². The van der Waals surface area contributed by atoms with Gasteiger partial charge in [-0.05, 0) is 35.2 Å². The number of benzene rings is 1. The van der Waals surface area contributed by atoms with E-state index in [0.29, 0.717) is 5.75 Å². The van der Waals surface area contributed by atoms with Crippen LogP contribution >= 0.6 is 0 Å². The molecule has 0 aliphatic rings. The fourth-order valence-corrected chi connectivity index (χ4v) is 3.44. The highest BCUT2D eigenvalue weighted by Crippen LogP contribution is 2.24. The number of hydrogen-bond acceptors (Lipinski definition) is 5. The Kier molecular flexibility index (Phi) is 5.62. The minimum Gasteiger partial charge on any atom is -0.491 e. The molecule has 1 heterocycles. The summed E-state index contributed by atoms with van der Waals surface area (Å²) in [6.45, 7) is 6.26. The lowest BCUT2D eigenvalue weighted by molar-refractivity contribution is 0.125. The van der Waals surface area contributed by atoms with E-state index in [-0.39, 0.29) is 17.0 Å². The van der Waals surface area contributed by atoms with Crippen LogP contribution < -0.4 is 4.74 Å². The normalized spacial score (nSPS) is 13.5. The lowest BCUT2D eigenvalue weighted by Gasteiger charge is -2.19. The lowest BCUT2D eigenvalue weighted by Crippen LogP contribution is -2.27. The molecule has 0 saturated heterocycles. The summed E-state index contributed by atoms with van der Waals surface area (Å²) in [4.78, 5) is 3.81. The minimum absolute atomic E-state index is 0.0430. The predicted octanol–water partition coefficient (Wildman–Crippen LogP) is 2.59. The third kappa shape index (κ3) is 5.04. The summed E-state index contributed by atoms with van der Waals surface area (Å²) in [5, 5.41) is 9.92. The van der Waals surface area contributed by atoms with Gasteiger partial charge in [-0.1, -0.05) is 39.0 Å². The van der Waals surface area contributed by atoms with E-state index in [1.807, 2.05) is 24.3 Å². The first-order chi connectivity index (χ1) is 11.2. The van der Waals surface area contributed by atoms with Gasteiger partial charge < -0.3 is 9.84 Å². The largest absolute Gasteiger partial charge is 0.491 e. The van der Waals surface area contributed by atoms with Crippen molar-refractivity contribution in [3.63, 3.8) is 0 Å². The number of rotatable bonds is 6. The first-order valence-corrected chi connectivity index (χ1v) is 9.39. The summed E-state index contributed by atoms with van der Waals surface area (Å²) in [7, 11) is -3.63. The number of ether oxygens (including phenoxy) is 1. The zero-order valence-corrected chi connectivity index (χ0v) is 15.0. The Morgan fingerprint density at radius 1 is 1.12 bits per heavy atom. The monoisotopic (exact) mass is 349 g/mol. The molecule has 1 N–H and O–H groups in total. The van der Waals surface area contributed by atoms with Gasteiger partial charge in [0.1, 0.15) is 18.5 Å². The topological polar surface area (TPSA) is 76.5 Å². The number of nitrogens with zero attached hydrogens (tertiary/aromatic N) is 1. The van der Waals surface area contributed by atoms with Crippen LogP contribution in [0, 0.1) is 0 Å². The van der Waals surface area contributed by atoms with Gasteiger partial charge in [0.2, 0.25) is 0 Å². The lowest BCUT2D eigenvalue weighted by atomic mass is 9.87. The van der Waals surface area contributed by atoms with Gasteiger partial charge in [-0.25, -0.2) is 13.4 Å². The second-order valence-corrected chi connectivity index (χ2v) is 8.67. The molecule has 0 fully saturated rings. The molecule has 5 nitrogen and oxygen atoms in total. The zero-order valence-electron chi connectivity index (χ0n) is 14.1. The Balaban J connectivity index is 1.93. The van der Waals surface area contributed by atoms with Crippen molar-refractivity contribution in [3.05, 3.63) is 54.2 Å². The molecule has 0 aliphatic carbocycles. The van der Waals surface area contributed by atoms with Crippen LogP contribution in [0.2, 0.25) is 0 Å². The second-order valence-electron chi connectivity index (χ2n) is 6.69. The molecule has 2 aromatic rings. The molecular formula is C18H23NO4S. The van der Waals surface area contributed by atoms with Crippen molar-refractivity contribution in [2.75, 3.05) is 12.4 Å². The summed E-state index contributed by atoms with van der Waals surface area (Å²) < 4.78 is 29.7. The van der Waals surface area contributed by atoms with Gasteiger partial charge in [0.25, 0.3) is 0 Å². The fourth-order valence-electron chi connectivity index (χ4n) is 2.16. The van der Waals surface area contributed by atoms with Crippen molar-refractivity contribution in [2.45, 2.75) is 37.3 Å². The SMILES string of the molecule is CC(C)(C)c1ccc(OC[C@@H](O)CS(=O)(=O)c2ccccn2)cc1. The van der Waals surface area contributed by atoms with E-state index in [2.05, 4.69) is 25.8 Å². The van der Waals surface area contributed by atoms with Crippen LogP contribution in [-0.2, 0) is 15.3 Å². The predicted molar refractivity (Wildman–Crippen MR) is 92.9 cm³/mol. The van der Waals surface area contributed by atoms with Crippen LogP contribution in [0.4, 0.5) is 0 Å². The second kappa shape index (κ2) is 7.32. The molecule has 0 aliphatic heterocycles. The molecule has 0 bridgehead atoms. The molecule has 130 valence electrons. The van der Waals surface area contributed by atoms with Crippen molar-refractivity contribution < 1.29 is 18.3 Å². The Labute approximate surface area is 143 Å². The van der Waals surface area contributed by atoms with Gasteiger partial charge in [0.15, 0.2) is 14.9 Å². The molecule has 1 aromatic heterocycles. The summed E-state index contributed by atoms with van der Waals surface area (Å²) in [5.41, 5.74) is 1.22. The van der Waals surface area contributed by atoms with E-state index in [4.69, 9.17) is 4.74 Å². The third-order valence-corrected chi connectivity index (χ3v) is 5.23. The molecule has 0 saturated carbocycles. The maximum Gasteiger partial charge on any atom is 0.198 e. The number of sulfone groups is 1. The van der Waals surface area contributed by atoms with Crippen molar-refractivity contribution in [3.8, 4) is 5.75 Å². The zero-order chi connectivity index (χ0) is 17.8. The van der Waals surface area contributed by atoms with E-state index in [1.54, 1.807) is 12.1 Å². The highest BCUT2D eigenvalue weighted by molar-refractivity contribution is 7.91. The molecule has 0 amide bonds. The maximum absolute atomic E-state index is 12.1. The summed E-state index contributed by atoms with van der Waals surface area (Å²) in [6, 6.07) is 12.2. The highest BCUT2D eigenvalue weighted by atomic mass is 32.2. The van der Waals surface area contributed by atoms with Crippen molar-refractivity contribution >= 4 is 9.84 Å². The fraction of sp³-hybridized carbons (Fsp3) is 0.389. The van der Waals surface area contributed by atoms with Gasteiger partial charge in [-0.15, -0.1) is 0 Å². The van der Waals surface area contributed by atoms with E-state index < -0.39 is 21.7 Å². The Morgan fingerprint density at radius 3 is 2.33 bits per heavy atom. The summed E-state index contributed by atoms with van der Waals surface area (Å²) >= 11 is 0. The Bertz CT molecular complexity index is 750. The smallest absolute Gasteiger partial charge is 0.198 e. The van der Waals surface area contributed by atoms with Crippen molar-refractivity contribution in [2.24, 2.45) is 0 Å². The number of hydrogen-bond donors (Lipinski definition) is 1. The Morgan fingerprint density at radius 2 is 1.79 bits per heavy atom. The van der Waals surface area contributed by atoms with E-state index in [9.17, 15) is 13.5 Å². The minimum atomic E-state index is -3.63. The van der Waals surface area contributed by atoms with Crippen LogP contribution in [-0.4, -0.2) is 37.0 Å². The summed E-state index contributed by atoms with van der Waals surface area (Å²) in [5.74, 6) is 0.168. The molecule has 0 unspecified atom stereocenters. The molecule has 24 heavy (non-hydrogen) atoms. The van der Waals surface area contributed by atoms with E-state index >= 15 is 0 Å². The van der Waals surface area contributed by atoms with E-state index in [0.717, 1.165) is 0 Å². The molecule has 6 heteroatoms. The van der Waals surface area contributed by atoms with Crippen LogP contribution in [0.1, 0.15) is 26.3 Å². The van der Waals surface area contributed by atoms with Gasteiger partial charge >= 0.3 is 0 Å². The number of aromatic nitrogens is 1. The number of aliphatic hydroxyl groups is 1. The van der Waals surface area contributed by atoms with Gasteiger partial charge in [0.05, 0.1) is 5.75 Å². The third-order valence-electron chi connectivity index (χ3n) is 3.53. The molecule has 0 spiro atoms. The van der Waals surface area contributed by atoms with Crippen LogP contribution in [0.25, 0.3) is 0 Å². The van der Waals surface area contributed by atoms with Crippen LogP contribution in [0.5, 0.6) is 5.75 Å². The maximum atomic E-state index is 12.1. The highest BCUT2D eigenvalue weighted by Gasteiger charge is 2.21. The molecular weight excluding hydrogens is 326 g/mol. The number of pyridine rings is 1. The molecule has 1 atom stereocenters. The van der Waals surface area contributed by atoms with Crippen molar-refractivity contribution in [1.29, 1.82) is 0 Å². The first-order valence-electron chi connectivity index (χ1n) is 7.74. The molecule has 2 rings (SSSR count). The standard InChI is InChI=1S/C18H23NO4S/c1-18(2,3)14-7-9-16(10-8-14)23-12-15(20)13-24(21,22)17-6-4-5-11-19-17/h4-11,15,20H,12-13H2,1-3H3/t15-/m1/s1. The summed E-state index contributed by atoms with van der Waals surface area (Å²) in [6.07, 6.45) is 0.284. The average molecular weight is 349 g/mol. The molecule has 0 radical (unpaired) electrons. The van der Waals surface area contributed by atoms with Crippen LogP contribution in [0.3, 0.4) is 0 Å². The number of aliphatic hydroxyl groups excluding tert-OH is 1. The quantitative estimate of drug-likeness (QED) is 0.867.